The van der Waals surface area contributed by atoms with Crippen molar-refractivity contribution in [1.29, 1.82) is 0 Å². The van der Waals surface area contributed by atoms with Gasteiger partial charge in [0.2, 0.25) is 0 Å². The van der Waals surface area contributed by atoms with E-state index in [1.165, 1.54) is 12.1 Å². The van der Waals surface area contributed by atoms with Gasteiger partial charge in [-0.2, -0.15) is 0 Å². The third kappa shape index (κ3) is 3.64. The normalized spacial score (nSPS) is 9.74. The number of benzene rings is 2. The number of para-hydroxylation sites is 1. The molecule has 0 saturated heterocycles. The maximum Gasteiger partial charge on any atom is 0.326 e. The number of anilines is 1. The second-order valence-electron chi connectivity index (χ2n) is 3.78. The second kappa shape index (κ2) is 5.77. The molecule has 0 radical (unpaired) electrons. The van der Waals surface area contributed by atoms with E-state index in [0.29, 0.717) is 5.69 Å². The molecule has 0 spiro atoms. The minimum atomic E-state index is -0.638. The maximum absolute atomic E-state index is 12.7. The molecule has 2 aromatic rings. The van der Waals surface area contributed by atoms with Crippen molar-refractivity contribution in [3.8, 4) is 0 Å². The first-order chi connectivity index (χ1) is 9.15. The van der Waals surface area contributed by atoms with Crippen molar-refractivity contribution in [3.05, 3.63) is 66.0 Å². The first-order valence-electron chi connectivity index (χ1n) is 5.58. The Kier molecular flexibility index (Phi) is 3.87. The van der Waals surface area contributed by atoms with E-state index in [9.17, 15) is 14.0 Å². The lowest BCUT2D eigenvalue weighted by Crippen LogP contribution is -2.34. The third-order valence-corrected chi connectivity index (χ3v) is 2.37. The van der Waals surface area contributed by atoms with Crippen LogP contribution in [0.5, 0.6) is 0 Å². The molecule has 0 bridgehead atoms. The molecule has 5 heteroatoms. The van der Waals surface area contributed by atoms with Gasteiger partial charge in [-0.3, -0.25) is 10.1 Å². The largest absolute Gasteiger partial charge is 0.326 e. The molecular formula is C14H11FN2O2. The summed E-state index contributed by atoms with van der Waals surface area (Å²) in [7, 11) is 0. The smallest absolute Gasteiger partial charge is 0.308 e. The minimum absolute atomic E-state index is 0.213. The number of hydrogen-bond acceptors (Lipinski definition) is 2. The summed E-state index contributed by atoms with van der Waals surface area (Å²) in [5.41, 5.74) is 0.788. The summed E-state index contributed by atoms with van der Waals surface area (Å²) in [6, 6.07) is 13.0. The SMILES string of the molecule is O=C(NC(=O)c1ccc(F)cc1)Nc1ccccc1. The summed E-state index contributed by atoms with van der Waals surface area (Å²) in [6.07, 6.45) is 0. The Morgan fingerprint density at radius 2 is 1.53 bits per heavy atom. The summed E-state index contributed by atoms with van der Waals surface area (Å²) < 4.78 is 12.7. The van der Waals surface area contributed by atoms with Gasteiger partial charge in [-0.1, -0.05) is 18.2 Å². The zero-order valence-corrected chi connectivity index (χ0v) is 9.89. The molecule has 0 aliphatic rings. The molecule has 0 aliphatic carbocycles. The highest BCUT2D eigenvalue weighted by atomic mass is 19.1. The molecule has 0 aliphatic heterocycles. The van der Waals surface area contributed by atoms with Crippen molar-refractivity contribution in [1.82, 2.24) is 5.32 Å². The van der Waals surface area contributed by atoms with Gasteiger partial charge in [0.1, 0.15) is 5.82 Å². The Morgan fingerprint density at radius 3 is 2.16 bits per heavy atom. The van der Waals surface area contributed by atoms with Gasteiger partial charge >= 0.3 is 6.03 Å². The van der Waals surface area contributed by atoms with E-state index >= 15 is 0 Å². The Hall–Kier alpha value is -2.69. The van der Waals surface area contributed by atoms with Crippen LogP contribution < -0.4 is 10.6 Å². The van der Waals surface area contributed by atoms with Gasteiger partial charge in [-0.05, 0) is 36.4 Å². The highest BCUT2D eigenvalue weighted by Gasteiger charge is 2.10. The lowest BCUT2D eigenvalue weighted by molar-refractivity contribution is 0.0967. The van der Waals surface area contributed by atoms with Crippen molar-refractivity contribution in [2.24, 2.45) is 0 Å². The van der Waals surface area contributed by atoms with Gasteiger partial charge in [0, 0.05) is 11.3 Å². The van der Waals surface area contributed by atoms with Crippen LogP contribution in [0.2, 0.25) is 0 Å². The number of amides is 3. The lowest BCUT2D eigenvalue weighted by atomic mass is 10.2. The molecule has 0 atom stereocenters. The zero-order chi connectivity index (χ0) is 13.7. The van der Waals surface area contributed by atoms with Gasteiger partial charge in [0.15, 0.2) is 0 Å². The van der Waals surface area contributed by atoms with Crippen LogP contribution in [0.15, 0.2) is 54.6 Å². The van der Waals surface area contributed by atoms with E-state index in [-0.39, 0.29) is 5.56 Å². The average Bonchev–Trinajstić information content (AvgIpc) is 2.40. The summed E-state index contributed by atoms with van der Waals surface area (Å²) in [4.78, 5) is 23.2. The molecular weight excluding hydrogens is 247 g/mol. The minimum Gasteiger partial charge on any atom is -0.308 e. The number of carbonyl (C=O) groups excluding carboxylic acids is 2. The van der Waals surface area contributed by atoms with Crippen LogP contribution in [-0.4, -0.2) is 11.9 Å². The number of hydrogen-bond donors (Lipinski definition) is 2. The first-order valence-corrected chi connectivity index (χ1v) is 5.58. The van der Waals surface area contributed by atoms with Crippen LogP contribution in [0.3, 0.4) is 0 Å². The Morgan fingerprint density at radius 1 is 0.895 bits per heavy atom. The Bertz CT molecular complexity index is 582. The van der Waals surface area contributed by atoms with Crippen LogP contribution in [0.1, 0.15) is 10.4 Å². The predicted molar refractivity (Wildman–Crippen MR) is 69.3 cm³/mol. The van der Waals surface area contributed by atoms with Crippen molar-refractivity contribution >= 4 is 17.6 Å². The van der Waals surface area contributed by atoms with Crippen molar-refractivity contribution in [2.75, 3.05) is 5.32 Å². The molecule has 19 heavy (non-hydrogen) atoms. The van der Waals surface area contributed by atoms with Crippen LogP contribution in [0.4, 0.5) is 14.9 Å². The number of rotatable bonds is 2. The topological polar surface area (TPSA) is 58.2 Å². The quantitative estimate of drug-likeness (QED) is 0.870. The fourth-order valence-corrected chi connectivity index (χ4v) is 1.46. The molecule has 0 fully saturated rings. The molecule has 2 N–H and O–H groups in total. The highest BCUT2D eigenvalue weighted by molar-refractivity contribution is 6.07. The first kappa shape index (κ1) is 12.8. The van der Waals surface area contributed by atoms with Gasteiger partial charge in [-0.25, -0.2) is 9.18 Å². The lowest BCUT2D eigenvalue weighted by Gasteiger charge is -2.06. The number of urea groups is 1. The molecule has 4 nitrogen and oxygen atoms in total. The van der Waals surface area contributed by atoms with Crippen LogP contribution in [-0.2, 0) is 0 Å². The van der Waals surface area contributed by atoms with E-state index in [1.807, 2.05) is 6.07 Å². The maximum atomic E-state index is 12.7. The third-order valence-electron chi connectivity index (χ3n) is 2.37. The number of imide groups is 1. The Labute approximate surface area is 109 Å². The molecule has 96 valence electrons. The summed E-state index contributed by atoms with van der Waals surface area (Å²) >= 11 is 0. The number of carbonyl (C=O) groups is 2. The fraction of sp³-hybridized carbons (Fsp3) is 0. The summed E-state index contributed by atoms with van der Waals surface area (Å²) in [5, 5.41) is 4.66. The molecule has 3 amide bonds. The standard InChI is InChI=1S/C14H11FN2O2/c15-11-8-6-10(7-9-11)13(18)17-14(19)16-12-4-2-1-3-5-12/h1-9H,(H2,16,17,18,19). The molecule has 0 aromatic heterocycles. The zero-order valence-electron chi connectivity index (χ0n) is 9.89. The average molecular weight is 258 g/mol. The van der Waals surface area contributed by atoms with E-state index in [4.69, 9.17) is 0 Å². The summed E-state index contributed by atoms with van der Waals surface area (Å²) in [6.45, 7) is 0. The van der Waals surface area contributed by atoms with Crippen LogP contribution in [0.25, 0.3) is 0 Å². The van der Waals surface area contributed by atoms with Crippen molar-refractivity contribution in [3.63, 3.8) is 0 Å². The monoisotopic (exact) mass is 258 g/mol. The van der Waals surface area contributed by atoms with E-state index < -0.39 is 17.8 Å². The molecule has 2 rings (SSSR count). The van der Waals surface area contributed by atoms with Gasteiger partial charge in [0.25, 0.3) is 5.91 Å². The van der Waals surface area contributed by atoms with Gasteiger partial charge in [-0.15, -0.1) is 0 Å². The Balaban J connectivity index is 1.95. The van der Waals surface area contributed by atoms with Crippen molar-refractivity contribution < 1.29 is 14.0 Å². The van der Waals surface area contributed by atoms with Crippen LogP contribution in [0, 0.1) is 5.82 Å². The number of halogens is 1. The number of nitrogens with one attached hydrogen (secondary N) is 2. The molecule has 0 unspecified atom stereocenters. The second-order valence-corrected chi connectivity index (χ2v) is 3.78. The van der Waals surface area contributed by atoms with Gasteiger partial charge in [0.05, 0.1) is 0 Å². The summed E-state index contributed by atoms with van der Waals surface area (Å²) in [5.74, 6) is -1.03. The molecule has 2 aromatic carbocycles. The van der Waals surface area contributed by atoms with E-state index in [1.54, 1.807) is 24.3 Å². The fourth-order valence-electron chi connectivity index (χ4n) is 1.46. The predicted octanol–water partition coefficient (Wildman–Crippen LogP) is 2.79. The van der Waals surface area contributed by atoms with E-state index in [0.717, 1.165) is 12.1 Å². The molecule has 0 heterocycles. The molecule has 0 saturated carbocycles. The van der Waals surface area contributed by atoms with Crippen LogP contribution >= 0.6 is 0 Å². The van der Waals surface area contributed by atoms with Crippen molar-refractivity contribution in [2.45, 2.75) is 0 Å². The highest BCUT2D eigenvalue weighted by Crippen LogP contribution is 2.05. The van der Waals surface area contributed by atoms with Gasteiger partial charge < -0.3 is 5.32 Å². The van der Waals surface area contributed by atoms with E-state index in [2.05, 4.69) is 10.6 Å².